The third-order valence-corrected chi connectivity index (χ3v) is 3.43. The third kappa shape index (κ3) is 6.53. The lowest BCUT2D eigenvalue weighted by Gasteiger charge is -2.10. The van der Waals surface area contributed by atoms with Gasteiger partial charge in [-0.25, -0.2) is 0 Å². The van der Waals surface area contributed by atoms with Crippen LogP contribution in [0.2, 0.25) is 0 Å². The molecular formula is C23H24O. The van der Waals surface area contributed by atoms with Gasteiger partial charge in [-0.3, -0.25) is 0 Å². The summed E-state index contributed by atoms with van der Waals surface area (Å²) in [6.07, 6.45) is 4.10. The van der Waals surface area contributed by atoms with E-state index >= 15 is 0 Å². The van der Waals surface area contributed by atoms with Crippen LogP contribution in [0.1, 0.15) is 16.7 Å². The summed E-state index contributed by atoms with van der Waals surface area (Å²) in [5, 5.41) is 0. The van der Waals surface area contributed by atoms with E-state index < -0.39 is 0 Å². The topological polar surface area (TPSA) is 9.23 Å². The average molecular weight is 316 g/mol. The molecule has 24 heavy (non-hydrogen) atoms. The Balaban J connectivity index is 0.000000134. The van der Waals surface area contributed by atoms with Crippen molar-refractivity contribution in [2.75, 3.05) is 6.61 Å². The van der Waals surface area contributed by atoms with Crippen LogP contribution in [0.15, 0.2) is 91.0 Å². The van der Waals surface area contributed by atoms with E-state index in [0.717, 1.165) is 5.75 Å². The second-order valence-corrected chi connectivity index (χ2v) is 5.56. The standard InChI is InChI=1S/C9H8O.2C7H8/c1-2-6-9-8(4-1)5-3-7-10-9;2*1-7-5-3-2-4-6-7/h1-6H,7H2;2*2-6H,1H3. The van der Waals surface area contributed by atoms with Crippen LogP contribution >= 0.6 is 0 Å². The fourth-order valence-electron chi connectivity index (χ4n) is 2.13. The van der Waals surface area contributed by atoms with Crippen molar-refractivity contribution in [2.45, 2.75) is 13.8 Å². The highest BCUT2D eigenvalue weighted by molar-refractivity contribution is 5.58. The first-order valence-corrected chi connectivity index (χ1v) is 8.17. The van der Waals surface area contributed by atoms with Crippen LogP contribution < -0.4 is 4.74 Å². The summed E-state index contributed by atoms with van der Waals surface area (Å²) in [6, 6.07) is 28.6. The Kier molecular flexibility index (Phi) is 7.36. The summed E-state index contributed by atoms with van der Waals surface area (Å²) in [5.41, 5.74) is 3.82. The van der Waals surface area contributed by atoms with Gasteiger partial charge in [0.25, 0.3) is 0 Å². The van der Waals surface area contributed by atoms with Crippen LogP contribution in [-0.2, 0) is 0 Å². The maximum Gasteiger partial charge on any atom is 0.126 e. The molecule has 1 aliphatic rings. The van der Waals surface area contributed by atoms with Gasteiger partial charge in [0.2, 0.25) is 0 Å². The Hall–Kier alpha value is -2.80. The predicted molar refractivity (Wildman–Crippen MR) is 103 cm³/mol. The smallest absolute Gasteiger partial charge is 0.126 e. The monoisotopic (exact) mass is 316 g/mol. The fraction of sp³-hybridized carbons (Fsp3) is 0.130. The van der Waals surface area contributed by atoms with Crippen molar-refractivity contribution in [1.29, 1.82) is 0 Å². The molecule has 0 spiro atoms. The van der Waals surface area contributed by atoms with Crippen molar-refractivity contribution in [1.82, 2.24) is 0 Å². The van der Waals surface area contributed by atoms with Crippen molar-refractivity contribution in [3.63, 3.8) is 0 Å². The molecule has 3 aromatic rings. The molecule has 0 radical (unpaired) electrons. The molecule has 0 unspecified atom stereocenters. The highest BCUT2D eigenvalue weighted by Gasteiger charge is 2.01. The maximum absolute atomic E-state index is 5.34. The molecule has 3 aromatic carbocycles. The summed E-state index contributed by atoms with van der Waals surface area (Å²) in [5.74, 6) is 0.991. The number of hydrogen-bond acceptors (Lipinski definition) is 1. The normalized spacial score (nSPS) is 10.9. The van der Waals surface area contributed by atoms with E-state index in [-0.39, 0.29) is 0 Å². The van der Waals surface area contributed by atoms with Gasteiger partial charge in [-0.1, -0.05) is 96.1 Å². The van der Waals surface area contributed by atoms with Gasteiger partial charge < -0.3 is 4.74 Å². The first-order chi connectivity index (χ1) is 11.8. The molecule has 1 heteroatoms. The molecule has 4 rings (SSSR count). The Morgan fingerprint density at radius 2 is 1.12 bits per heavy atom. The molecule has 0 atom stereocenters. The highest BCUT2D eigenvalue weighted by Crippen LogP contribution is 2.21. The molecular weight excluding hydrogens is 292 g/mol. The van der Waals surface area contributed by atoms with Crippen molar-refractivity contribution >= 4 is 6.08 Å². The van der Waals surface area contributed by atoms with Gasteiger partial charge in [-0.2, -0.15) is 0 Å². The van der Waals surface area contributed by atoms with Gasteiger partial charge in [-0.05, 0) is 26.0 Å². The summed E-state index contributed by atoms with van der Waals surface area (Å²) in [7, 11) is 0. The van der Waals surface area contributed by atoms with Gasteiger partial charge in [0.1, 0.15) is 12.4 Å². The quantitative estimate of drug-likeness (QED) is 0.488. The average Bonchev–Trinajstić information content (AvgIpc) is 2.64. The van der Waals surface area contributed by atoms with Crippen LogP contribution in [0.3, 0.4) is 0 Å². The largest absolute Gasteiger partial charge is 0.489 e. The maximum atomic E-state index is 5.34. The Bertz CT molecular complexity index is 693. The van der Waals surface area contributed by atoms with Crippen LogP contribution in [0.25, 0.3) is 6.08 Å². The van der Waals surface area contributed by atoms with Crippen molar-refractivity contribution in [3.05, 3.63) is 108 Å². The van der Waals surface area contributed by atoms with E-state index in [0.29, 0.717) is 6.61 Å². The Morgan fingerprint density at radius 3 is 1.58 bits per heavy atom. The van der Waals surface area contributed by atoms with Crippen LogP contribution in [-0.4, -0.2) is 6.61 Å². The summed E-state index contributed by atoms with van der Waals surface area (Å²) >= 11 is 0. The molecule has 0 amide bonds. The number of rotatable bonds is 0. The number of benzene rings is 3. The number of para-hydroxylation sites is 1. The fourth-order valence-corrected chi connectivity index (χ4v) is 2.13. The molecule has 0 fully saturated rings. The minimum atomic E-state index is 0.705. The molecule has 0 saturated carbocycles. The predicted octanol–water partition coefficient (Wildman–Crippen LogP) is 6.08. The zero-order chi connectivity index (χ0) is 17.0. The molecule has 0 aliphatic carbocycles. The van der Waals surface area contributed by atoms with Crippen molar-refractivity contribution in [3.8, 4) is 5.75 Å². The van der Waals surface area contributed by atoms with E-state index in [1.807, 2.05) is 66.7 Å². The minimum absolute atomic E-state index is 0.705. The molecule has 1 heterocycles. The van der Waals surface area contributed by atoms with Gasteiger partial charge in [0, 0.05) is 5.56 Å². The Morgan fingerprint density at radius 1 is 0.625 bits per heavy atom. The highest BCUT2D eigenvalue weighted by atomic mass is 16.5. The first kappa shape index (κ1) is 17.6. The third-order valence-electron chi connectivity index (χ3n) is 3.43. The lowest BCUT2D eigenvalue weighted by molar-refractivity contribution is 0.358. The molecule has 1 nitrogen and oxygen atoms in total. The number of ether oxygens (including phenoxy) is 1. The van der Waals surface area contributed by atoms with E-state index in [1.54, 1.807) is 0 Å². The number of aryl methyl sites for hydroxylation is 2. The molecule has 1 aliphatic heterocycles. The number of fused-ring (bicyclic) bond motifs is 1. The first-order valence-electron chi connectivity index (χ1n) is 8.17. The van der Waals surface area contributed by atoms with Crippen molar-refractivity contribution in [2.24, 2.45) is 0 Å². The van der Waals surface area contributed by atoms with E-state index in [2.05, 4.69) is 44.2 Å². The zero-order valence-electron chi connectivity index (χ0n) is 14.4. The van der Waals surface area contributed by atoms with Gasteiger partial charge >= 0.3 is 0 Å². The molecule has 0 aromatic heterocycles. The SMILES string of the molecule is C1=Cc2ccccc2OC1.Cc1ccccc1.Cc1ccccc1. The summed E-state index contributed by atoms with van der Waals surface area (Å²) < 4.78 is 5.34. The van der Waals surface area contributed by atoms with E-state index in [1.165, 1.54) is 16.7 Å². The van der Waals surface area contributed by atoms with Gasteiger partial charge in [-0.15, -0.1) is 0 Å². The van der Waals surface area contributed by atoms with Crippen LogP contribution in [0, 0.1) is 13.8 Å². The van der Waals surface area contributed by atoms with Crippen LogP contribution in [0.4, 0.5) is 0 Å². The lowest BCUT2D eigenvalue weighted by Crippen LogP contribution is -1.98. The van der Waals surface area contributed by atoms with Gasteiger partial charge in [0.05, 0.1) is 0 Å². The summed E-state index contributed by atoms with van der Waals surface area (Å²) in [4.78, 5) is 0. The number of hydrogen-bond donors (Lipinski definition) is 0. The molecule has 0 saturated heterocycles. The second kappa shape index (κ2) is 10.1. The summed E-state index contributed by atoms with van der Waals surface area (Å²) in [6.45, 7) is 4.87. The molecule has 0 N–H and O–H groups in total. The molecule has 122 valence electrons. The van der Waals surface area contributed by atoms with Crippen LogP contribution in [0.5, 0.6) is 5.75 Å². The molecule has 0 bridgehead atoms. The van der Waals surface area contributed by atoms with Gasteiger partial charge in [0.15, 0.2) is 0 Å². The van der Waals surface area contributed by atoms with E-state index in [4.69, 9.17) is 4.74 Å². The lowest BCUT2D eigenvalue weighted by atomic mass is 10.1. The zero-order valence-corrected chi connectivity index (χ0v) is 14.4. The Labute approximate surface area is 145 Å². The minimum Gasteiger partial charge on any atom is -0.489 e. The van der Waals surface area contributed by atoms with Crippen molar-refractivity contribution < 1.29 is 4.74 Å². The second-order valence-electron chi connectivity index (χ2n) is 5.56. The van der Waals surface area contributed by atoms with E-state index in [9.17, 15) is 0 Å².